The van der Waals surface area contributed by atoms with E-state index in [9.17, 15) is 0 Å². The summed E-state index contributed by atoms with van der Waals surface area (Å²) in [5.74, 6) is 4.26. The Morgan fingerprint density at radius 3 is 2.70 bits per heavy atom. The standard InChI is InChI=1S/C16H20Br2O2/c1-19-15-7-11(8-17)6-14(18)16(15)20-9-13-5-10-2-3-12(13)4-10/h6-7,10,12-13H,2-5,8-9H2,1H3. The van der Waals surface area contributed by atoms with Gasteiger partial charge in [0.25, 0.3) is 0 Å². The summed E-state index contributed by atoms with van der Waals surface area (Å²) < 4.78 is 12.6. The molecule has 0 aliphatic heterocycles. The van der Waals surface area contributed by atoms with E-state index in [1.165, 1.54) is 31.2 Å². The van der Waals surface area contributed by atoms with Crippen LogP contribution in [0.15, 0.2) is 16.6 Å². The predicted octanol–water partition coefficient (Wildman–Crippen LogP) is 5.17. The molecule has 2 fully saturated rings. The number of halogens is 2. The van der Waals surface area contributed by atoms with Gasteiger partial charge in [-0.2, -0.15) is 0 Å². The fourth-order valence-electron chi connectivity index (χ4n) is 3.76. The maximum atomic E-state index is 6.11. The molecule has 1 aromatic rings. The Balaban J connectivity index is 1.70. The summed E-state index contributed by atoms with van der Waals surface area (Å²) >= 11 is 7.08. The fourth-order valence-corrected chi connectivity index (χ4v) is 4.69. The van der Waals surface area contributed by atoms with E-state index in [1.54, 1.807) is 7.11 Å². The van der Waals surface area contributed by atoms with E-state index in [0.29, 0.717) is 0 Å². The van der Waals surface area contributed by atoms with Crippen molar-refractivity contribution < 1.29 is 9.47 Å². The van der Waals surface area contributed by atoms with Crippen LogP contribution < -0.4 is 9.47 Å². The lowest BCUT2D eigenvalue weighted by Crippen LogP contribution is -2.18. The summed E-state index contributed by atoms with van der Waals surface area (Å²) in [6.45, 7) is 0.823. The molecule has 0 spiro atoms. The average Bonchev–Trinajstić information content (AvgIpc) is 3.07. The highest BCUT2D eigenvalue weighted by molar-refractivity contribution is 9.10. The van der Waals surface area contributed by atoms with Gasteiger partial charge in [0.1, 0.15) is 0 Å². The van der Waals surface area contributed by atoms with Gasteiger partial charge in [0.05, 0.1) is 18.2 Å². The SMILES string of the molecule is COc1cc(CBr)cc(Br)c1OCC1CC2CCC1C2. The van der Waals surface area contributed by atoms with Gasteiger partial charge in [-0.15, -0.1) is 0 Å². The molecule has 110 valence electrons. The highest BCUT2D eigenvalue weighted by atomic mass is 79.9. The van der Waals surface area contributed by atoms with Gasteiger partial charge < -0.3 is 9.47 Å². The molecule has 20 heavy (non-hydrogen) atoms. The Hall–Kier alpha value is -0.220. The highest BCUT2D eigenvalue weighted by Gasteiger charge is 2.39. The first-order valence-electron chi connectivity index (χ1n) is 7.26. The van der Waals surface area contributed by atoms with Gasteiger partial charge >= 0.3 is 0 Å². The van der Waals surface area contributed by atoms with E-state index in [1.807, 2.05) is 6.07 Å². The zero-order chi connectivity index (χ0) is 14.1. The first kappa shape index (κ1) is 14.7. The number of fused-ring (bicyclic) bond motifs is 2. The second-order valence-corrected chi connectivity index (χ2v) is 7.40. The lowest BCUT2D eigenvalue weighted by atomic mass is 9.89. The summed E-state index contributed by atoms with van der Waals surface area (Å²) in [6.07, 6.45) is 5.62. The largest absolute Gasteiger partial charge is 0.493 e. The average molecular weight is 404 g/mol. The molecule has 2 saturated carbocycles. The van der Waals surface area contributed by atoms with Gasteiger partial charge in [-0.05, 0) is 70.6 Å². The van der Waals surface area contributed by atoms with Crippen LogP contribution in [0, 0.1) is 17.8 Å². The Labute approximate surface area is 137 Å². The lowest BCUT2D eigenvalue weighted by Gasteiger charge is -2.23. The molecule has 2 bridgehead atoms. The zero-order valence-electron chi connectivity index (χ0n) is 11.7. The fraction of sp³-hybridized carbons (Fsp3) is 0.625. The van der Waals surface area contributed by atoms with Gasteiger partial charge in [0.15, 0.2) is 11.5 Å². The molecule has 3 unspecified atom stereocenters. The first-order chi connectivity index (χ1) is 9.71. The number of ether oxygens (including phenoxy) is 2. The van der Waals surface area contributed by atoms with Crippen LogP contribution in [0.3, 0.4) is 0 Å². The Kier molecular flexibility index (Phi) is 4.61. The number of hydrogen-bond donors (Lipinski definition) is 0. The van der Waals surface area contributed by atoms with E-state index in [2.05, 4.69) is 37.9 Å². The molecule has 0 saturated heterocycles. The minimum Gasteiger partial charge on any atom is -0.493 e. The van der Waals surface area contributed by atoms with Crippen LogP contribution in [0.2, 0.25) is 0 Å². The molecular formula is C16H20Br2O2. The second kappa shape index (κ2) is 6.27. The molecule has 0 radical (unpaired) electrons. The number of alkyl halides is 1. The minimum atomic E-state index is 0.737. The van der Waals surface area contributed by atoms with Crippen molar-refractivity contribution in [3.05, 3.63) is 22.2 Å². The van der Waals surface area contributed by atoms with E-state index >= 15 is 0 Å². The summed E-state index contributed by atoms with van der Waals surface area (Å²) in [4.78, 5) is 0. The van der Waals surface area contributed by atoms with E-state index in [4.69, 9.17) is 9.47 Å². The minimum absolute atomic E-state index is 0.737. The molecule has 0 amide bonds. The van der Waals surface area contributed by atoms with Crippen molar-refractivity contribution in [1.82, 2.24) is 0 Å². The number of rotatable bonds is 5. The third-order valence-electron chi connectivity index (χ3n) is 4.77. The molecule has 0 N–H and O–H groups in total. The van der Waals surface area contributed by atoms with Crippen LogP contribution >= 0.6 is 31.9 Å². The second-order valence-electron chi connectivity index (χ2n) is 5.99. The molecule has 0 aromatic heterocycles. The van der Waals surface area contributed by atoms with Crippen LogP contribution in [0.4, 0.5) is 0 Å². The van der Waals surface area contributed by atoms with Crippen molar-refractivity contribution in [2.75, 3.05) is 13.7 Å². The molecule has 1 aromatic carbocycles. The maximum absolute atomic E-state index is 6.11. The maximum Gasteiger partial charge on any atom is 0.175 e. The van der Waals surface area contributed by atoms with E-state index in [0.717, 1.165) is 45.7 Å². The van der Waals surface area contributed by atoms with Gasteiger partial charge in [0, 0.05) is 5.33 Å². The molecule has 2 aliphatic rings. The third kappa shape index (κ3) is 2.87. The molecule has 3 rings (SSSR count). The third-order valence-corrected chi connectivity index (χ3v) is 6.01. The Bertz CT molecular complexity index is 490. The molecule has 2 aliphatic carbocycles. The van der Waals surface area contributed by atoms with Crippen molar-refractivity contribution in [3.8, 4) is 11.5 Å². The van der Waals surface area contributed by atoms with Gasteiger partial charge in [-0.3, -0.25) is 0 Å². The topological polar surface area (TPSA) is 18.5 Å². The smallest absolute Gasteiger partial charge is 0.175 e. The summed E-state index contributed by atoms with van der Waals surface area (Å²) in [6, 6.07) is 4.13. The number of hydrogen-bond acceptors (Lipinski definition) is 2. The lowest BCUT2D eigenvalue weighted by molar-refractivity contribution is 0.189. The number of methoxy groups -OCH3 is 1. The highest BCUT2D eigenvalue weighted by Crippen LogP contribution is 2.48. The van der Waals surface area contributed by atoms with Crippen LogP contribution in [-0.4, -0.2) is 13.7 Å². The summed E-state index contributed by atoms with van der Waals surface area (Å²) in [5, 5.41) is 0.814. The first-order valence-corrected chi connectivity index (χ1v) is 9.18. The normalized spacial score (nSPS) is 27.9. The van der Waals surface area contributed by atoms with Crippen molar-refractivity contribution in [3.63, 3.8) is 0 Å². The zero-order valence-corrected chi connectivity index (χ0v) is 14.9. The summed E-state index contributed by atoms with van der Waals surface area (Å²) in [7, 11) is 1.70. The quantitative estimate of drug-likeness (QED) is 0.631. The molecule has 2 nitrogen and oxygen atoms in total. The van der Waals surface area contributed by atoms with Crippen molar-refractivity contribution in [1.29, 1.82) is 0 Å². The van der Waals surface area contributed by atoms with Crippen LogP contribution in [0.25, 0.3) is 0 Å². The number of benzene rings is 1. The van der Waals surface area contributed by atoms with E-state index < -0.39 is 0 Å². The van der Waals surface area contributed by atoms with E-state index in [-0.39, 0.29) is 0 Å². The van der Waals surface area contributed by atoms with Gasteiger partial charge in [0.2, 0.25) is 0 Å². The molecule has 0 heterocycles. The molecular weight excluding hydrogens is 384 g/mol. The van der Waals surface area contributed by atoms with Crippen LogP contribution in [0.5, 0.6) is 11.5 Å². The monoisotopic (exact) mass is 402 g/mol. The van der Waals surface area contributed by atoms with Gasteiger partial charge in [-0.25, -0.2) is 0 Å². The summed E-state index contributed by atoms with van der Waals surface area (Å²) in [5.41, 5.74) is 1.18. The molecule has 3 atom stereocenters. The van der Waals surface area contributed by atoms with Crippen LogP contribution in [0.1, 0.15) is 31.2 Å². The van der Waals surface area contributed by atoms with Crippen molar-refractivity contribution in [2.24, 2.45) is 17.8 Å². The Morgan fingerprint density at radius 2 is 2.10 bits per heavy atom. The predicted molar refractivity (Wildman–Crippen MR) is 87.8 cm³/mol. The Morgan fingerprint density at radius 1 is 1.25 bits per heavy atom. The van der Waals surface area contributed by atoms with Gasteiger partial charge in [-0.1, -0.05) is 22.4 Å². The van der Waals surface area contributed by atoms with Crippen molar-refractivity contribution in [2.45, 2.75) is 31.0 Å². The van der Waals surface area contributed by atoms with Crippen LogP contribution in [-0.2, 0) is 5.33 Å². The van der Waals surface area contributed by atoms with Crippen molar-refractivity contribution >= 4 is 31.9 Å². The molecule has 4 heteroatoms.